The van der Waals surface area contributed by atoms with Gasteiger partial charge in [-0.15, -0.1) is 0 Å². The maximum Gasteiger partial charge on any atom is 0.338 e. The van der Waals surface area contributed by atoms with Crippen molar-refractivity contribution in [3.8, 4) is 17.1 Å². The first-order valence-electron chi connectivity index (χ1n) is 12.6. The van der Waals surface area contributed by atoms with Crippen molar-refractivity contribution in [1.29, 1.82) is 0 Å². The number of furan rings is 1. The Morgan fingerprint density at radius 1 is 1.18 bits per heavy atom. The Bertz CT molecular complexity index is 1740. The van der Waals surface area contributed by atoms with Gasteiger partial charge in [-0.1, -0.05) is 47.2 Å². The summed E-state index contributed by atoms with van der Waals surface area (Å²) in [6.45, 7) is 7.62. The van der Waals surface area contributed by atoms with E-state index in [1.807, 2.05) is 62.4 Å². The number of fused-ring (bicyclic) bond motifs is 1. The second-order valence-corrected chi connectivity index (χ2v) is 10.7. The van der Waals surface area contributed by atoms with Gasteiger partial charge in [0.25, 0.3) is 5.56 Å². The zero-order chi connectivity index (χ0) is 27.7. The van der Waals surface area contributed by atoms with Gasteiger partial charge in [-0.05, 0) is 69.7 Å². The minimum Gasteiger partial charge on any atom is -0.491 e. The SMILES string of the molecule is CCOC(=O)C1=C(C)N=c2s/c(=C\c3ccc(-c4cccc(Cl)c4)o3)c(=O)n2[C@H]1c1ccc(OC(C)C)cc1. The molecule has 200 valence electrons. The van der Waals surface area contributed by atoms with Gasteiger partial charge in [0.15, 0.2) is 4.80 Å². The fourth-order valence-corrected chi connectivity index (χ4v) is 5.68. The third kappa shape index (κ3) is 5.48. The van der Waals surface area contributed by atoms with Crippen LogP contribution in [0.1, 0.15) is 45.1 Å². The lowest BCUT2D eigenvalue weighted by molar-refractivity contribution is -0.139. The molecule has 0 radical (unpaired) electrons. The summed E-state index contributed by atoms with van der Waals surface area (Å²) >= 11 is 7.37. The number of nitrogens with zero attached hydrogens (tertiary/aromatic N) is 2. The van der Waals surface area contributed by atoms with Crippen LogP contribution in [0.2, 0.25) is 5.02 Å². The molecule has 0 amide bonds. The second kappa shape index (κ2) is 11.1. The van der Waals surface area contributed by atoms with Gasteiger partial charge < -0.3 is 13.9 Å². The molecule has 0 saturated heterocycles. The summed E-state index contributed by atoms with van der Waals surface area (Å²) in [6, 6.07) is 17.7. The van der Waals surface area contributed by atoms with Crippen LogP contribution in [-0.4, -0.2) is 23.2 Å². The van der Waals surface area contributed by atoms with Gasteiger partial charge in [0.1, 0.15) is 17.3 Å². The van der Waals surface area contributed by atoms with Crippen molar-refractivity contribution < 1.29 is 18.7 Å². The number of benzene rings is 2. The monoisotopic (exact) mass is 562 g/mol. The molecular formula is C30H27ClN2O5S. The minimum atomic E-state index is -0.700. The Morgan fingerprint density at radius 3 is 2.64 bits per heavy atom. The summed E-state index contributed by atoms with van der Waals surface area (Å²) in [4.78, 5) is 32.0. The molecule has 3 heterocycles. The van der Waals surface area contributed by atoms with Crippen molar-refractivity contribution in [2.45, 2.75) is 39.8 Å². The maximum absolute atomic E-state index is 13.8. The van der Waals surface area contributed by atoms with E-state index in [9.17, 15) is 9.59 Å². The molecule has 0 saturated carbocycles. The molecule has 7 nitrogen and oxygen atoms in total. The molecule has 1 aliphatic rings. The first-order valence-corrected chi connectivity index (χ1v) is 13.8. The number of allylic oxidation sites excluding steroid dienone is 1. The molecule has 0 fully saturated rings. The molecule has 0 spiro atoms. The molecular weight excluding hydrogens is 536 g/mol. The van der Waals surface area contributed by atoms with Crippen LogP contribution in [0.15, 0.2) is 86.1 Å². The average Bonchev–Trinajstić information content (AvgIpc) is 3.48. The summed E-state index contributed by atoms with van der Waals surface area (Å²) in [5.41, 5.74) is 2.14. The predicted octanol–water partition coefficient (Wildman–Crippen LogP) is 5.50. The zero-order valence-electron chi connectivity index (χ0n) is 21.9. The number of rotatable bonds is 7. The predicted molar refractivity (Wildman–Crippen MR) is 152 cm³/mol. The standard InChI is InChI=1S/C30H27ClN2O5S/c1-5-36-29(35)26-18(4)32-30-33(27(26)19-9-11-22(12-10-19)37-17(2)3)28(34)25(39-30)16-23-13-14-24(38-23)20-7-6-8-21(31)15-20/h6-17,27H,5H2,1-4H3/b25-16-/t27-/m0/s1. The number of thiazole rings is 1. The lowest BCUT2D eigenvalue weighted by Gasteiger charge is -2.25. The fraction of sp³-hybridized carbons (Fsp3) is 0.233. The Morgan fingerprint density at radius 2 is 1.95 bits per heavy atom. The second-order valence-electron chi connectivity index (χ2n) is 9.25. The van der Waals surface area contributed by atoms with E-state index in [0.29, 0.717) is 42.9 Å². The smallest absolute Gasteiger partial charge is 0.338 e. The van der Waals surface area contributed by atoms with Gasteiger partial charge in [0, 0.05) is 16.7 Å². The highest BCUT2D eigenvalue weighted by molar-refractivity contribution is 7.07. The summed E-state index contributed by atoms with van der Waals surface area (Å²) < 4.78 is 19.1. The van der Waals surface area contributed by atoms with Crippen LogP contribution in [0.3, 0.4) is 0 Å². The van der Waals surface area contributed by atoms with Crippen LogP contribution < -0.4 is 19.6 Å². The average molecular weight is 563 g/mol. The van der Waals surface area contributed by atoms with E-state index >= 15 is 0 Å². The van der Waals surface area contributed by atoms with E-state index in [0.717, 1.165) is 11.1 Å². The van der Waals surface area contributed by atoms with Crippen molar-refractivity contribution >= 4 is 35.0 Å². The number of halogens is 1. The fourth-order valence-electron chi connectivity index (χ4n) is 4.46. The minimum absolute atomic E-state index is 0.0201. The Labute approximate surface area is 234 Å². The first-order chi connectivity index (χ1) is 18.7. The molecule has 9 heteroatoms. The number of carbonyl (C=O) groups is 1. The molecule has 0 unspecified atom stereocenters. The zero-order valence-corrected chi connectivity index (χ0v) is 23.5. The van der Waals surface area contributed by atoms with Crippen molar-refractivity contribution in [2.24, 2.45) is 4.99 Å². The summed E-state index contributed by atoms with van der Waals surface area (Å²) in [6.07, 6.45) is 1.71. The van der Waals surface area contributed by atoms with Gasteiger partial charge in [0.05, 0.1) is 34.6 Å². The number of hydrogen-bond acceptors (Lipinski definition) is 7. The van der Waals surface area contributed by atoms with Gasteiger partial charge in [-0.25, -0.2) is 9.79 Å². The number of esters is 1. The van der Waals surface area contributed by atoms with Crippen molar-refractivity contribution in [3.05, 3.63) is 108 Å². The lowest BCUT2D eigenvalue weighted by Crippen LogP contribution is -2.39. The van der Waals surface area contributed by atoms with E-state index in [-0.39, 0.29) is 18.3 Å². The van der Waals surface area contributed by atoms with Crippen LogP contribution in [0.25, 0.3) is 17.4 Å². The van der Waals surface area contributed by atoms with Crippen molar-refractivity contribution in [2.75, 3.05) is 6.61 Å². The summed E-state index contributed by atoms with van der Waals surface area (Å²) in [7, 11) is 0. The Hall–Kier alpha value is -3.88. The van der Waals surface area contributed by atoms with E-state index in [4.69, 9.17) is 25.5 Å². The number of hydrogen-bond donors (Lipinski definition) is 0. The van der Waals surface area contributed by atoms with E-state index in [2.05, 4.69) is 4.99 Å². The highest BCUT2D eigenvalue weighted by Gasteiger charge is 2.33. The molecule has 39 heavy (non-hydrogen) atoms. The molecule has 0 aliphatic carbocycles. The highest BCUT2D eigenvalue weighted by atomic mass is 35.5. The van der Waals surface area contributed by atoms with Gasteiger partial charge in [0.2, 0.25) is 0 Å². The molecule has 0 N–H and O–H groups in total. The maximum atomic E-state index is 13.8. The van der Waals surface area contributed by atoms with Crippen molar-refractivity contribution in [1.82, 2.24) is 4.57 Å². The number of ether oxygens (including phenoxy) is 2. The van der Waals surface area contributed by atoms with E-state index in [1.165, 1.54) is 11.3 Å². The Balaban J connectivity index is 1.61. The molecule has 1 aliphatic heterocycles. The molecule has 0 bridgehead atoms. The first kappa shape index (κ1) is 26.7. The van der Waals surface area contributed by atoms with Crippen LogP contribution in [0, 0.1) is 0 Å². The largest absolute Gasteiger partial charge is 0.491 e. The van der Waals surface area contributed by atoms with Crippen LogP contribution in [-0.2, 0) is 9.53 Å². The molecule has 4 aromatic rings. The Kier molecular flexibility index (Phi) is 7.59. The van der Waals surface area contributed by atoms with Crippen LogP contribution in [0.5, 0.6) is 5.75 Å². The quantitative estimate of drug-likeness (QED) is 0.278. The van der Waals surface area contributed by atoms with Crippen LogP contribution in [0.4, 0.5) is 0 Å². The molecule has 2 aromatic carbocycles. The van der Waals surface area contributed by atoms with Gasteiger partial charge in [-0.3, -0.25) is 9.36 Å². The molecule has 1 atom stereocenters. The van der Waals surface area contributed by atoms with Crippen LogP contribution >= 0.6 is 22.9 Å². The highest BCUT2D eigenvalue weighted by Crippen LogP contribution is 2.32. The number of carbonyl (C=O) groups excluding carboxylic acids is 1. The van der Waals surface area contributed by atoms with E-state index < -0.39 is 12.0 Å². The van der Waals surface area contributed by atoms with Gasteiger partial charge >= 0.3 is 5.97 Å². The molecule has 2 aromatic heterocycles. The molecule has 5 rings (SSSR count). The topological polar surface area (TPSA) is 83.0 Å². The third-order valence-electron chi connectivity index (χ3n) is 6.09. The normalized spacial score (nSPS) is 15.3. The lowest BCUT2D eigenvalue weighted by atomic mass is 9.96. The number of aromatic nitrogens is 1. The van der Waals surface area contributed by atoms with Crippen molar-refractivity contribution in [3.63, 3.8) is 0 Å². The third-order valence-corrected chi connectivity index (χ3v) is 7.31. The van der Waals surface area contributed by atoms with E-state index in [1.54, 1.807) is 36.6 Å². The van der Waals surface area contributed by atoms with Gasteiger partial charge in [-0.2, -0.15) is 0 Å². The summed E-state index contributed by atoms with van der Waals surface area (Å²) in [5.74, 6) is 1.35. The summed E-state index contributed by atoms with van der Waals surface area (Å²) in [5, 5.41) is 0.607.